The summed E-state index contributed by atoms with van der Waals surface area (Å²) in [5.74, 6) is 1.73. The molecule has 1 fully saturated rings. The zero-order valence-corrected chi connectivity index (χ0v) is 16.3. The van der Waals surface area contributed by atoms with Crippen molar-refractivity contribution in [3.05, 3.63) is 71.5 Å². The molecule has 0 radical (unpaired) electrons. The van der Waals surface area contributed by atoms with Gasteiger partial charge >= 0.3 is 6.61 Å². The van der Waals surface area contributed by atoms with Crippen LogP contribution in [0.3, 0.4) is 0 Å². The number of rotatable bonds is 8. The van der Waals surface area contributed by atoms with Crippen LogP contribution in [0.5, 0.6) is 5.75 Å². The van der Waals surface area contributed by atoms with Gasteiger partial charge in [0.05, 0.1) is 6.54 Å². The van der Waals surface area contributed by atoms with Crippen LogP contribution in [0.2, 0.25) is 0 Å². The van der Waals surface area contributed by atoms with E-state index in [4.69, 9.17) is 0 Å². The Balaban J connectivity index is 1.52. The minimum atomic E-state index is -2.81. The molecule has 0 unspecified atom stereocenters. The number of ether oxygens (including phenoxy) is 1. The molecule has 1 aliphatic rings. The fourth-order valence-electron chi connectivity index (χ4n) is 3.09. The number of nitrogens with zero attached hydrogens (tertiary/aromatic N) is 3. The van der Waals surface area contributed by atoms with Gasteiger partial charge in [0, 0.05) is 11.2 Å². The Kier molecular flexibility index (Phi) is 5.62. The molecule has 1 heterocycles. The molecule has 1 aliphatic carbocycles. The van der Waals surface area contributed by atoms with Crippen LogP contribution in [-0.2, 0) is 6.54 Å². The highest BCUT2D eigenvalue weighted by atomic mass is 32.2. The zero-order chi connectivity index (χ0) is 19.5. The summed E-state index contributed by atoms with van der Waals surface area (Å²) in [6.45, 7) is 0.0111. The Labute approximate surface area is 166 Å². The van der Waals surface area contributed by atoms with E-state index in [1.54, 1.807) is 23.9 Å². The number of benzene rings is 2. The summed E-state index contributed by atoms with van der Waals surface area (Å²) in [5, 5.41) is 9.89. The molecule has 1 atom stereocenters. The molecular formula is C21H21F2N3OS. The summed E-state index contributed by atoms with van der Waals surface area (Å²) in [4.78, 5) is 0. The first kappa shape index (κ1) is 18.9. The van der Waals surface area contributed by atoms with Crippen molar-refractivity contribution in [2.24, 2.45) is 0 Å². The van der Waals surface area contributed by atoms with Crippen LogP contribution in [0.25, 0.3) is 0 Å². The average molecular weight is 401 g/mol. The summed E-state index contributed by atoms with van der Waals surface area (Å²) in [5.41, 5.74) is 2.24. The lowest BCUT2D eigenvalue weighted by molar-refractivity contribution is -0.0498. The van der Waals surface area contributed by atoms with Crippen molar-refractivity contribution in [2.45, 2.75) is 49.2 Å². The third-order valence-corrected chi connectivity index (χ3v) is 5.87. The van der Waals surface area contributed by atoms with Crippen LogP contribution in [-0.4, -0.2) is 21.4 Å². The fourth-order valence-corrected chi connectivity index (χ4v) is 4.07. The van der Waals surface area contributed by atoms with Gasteiger partial charge in [-0.25, -0.2) is 0 Å². The van der Waals surface area contributed by atoms with Gasteiger partial charge in [-0.15, -0.1) is 10.2 Å². The van der Waals surface area contributed by atoms with Crippen molar-refractivity contribution in [2.75, 3.05) is 0 Å². The van der Waals surface area contributed by atoms with E-state index >= 15 is 0 Å². The first-order valence-corrected chi connectivity index (χ1v) is 10.2. The predicted molar refractivity (Wildman–Crippen MR) is 105 cm³/mol. The molecule has 28 heavy (non-hydrogen) atoms. The zero-order valence-electron chi connectivity index (χ0n) is 15.5. The van der Waals surface area contributed by atoms with Gasteiger partial charge < -0.3 is 9.30 Å². The molecule has 2 aromatic carbocycles. The van der Waals surface area contributed by atoms with Gasteiger partial charge in [-0.2, -0.15) is 8.78 Å². The number of alkyl halides is 2. The van der Waals surface area contributed by atoms with Crippen LogP contribution in [0.1, 0.15) is 47.9 Å². The highest BCUT2D eigenvalue weighted by Crippen LogP contribution is 2.42. The van der Waals surface area contributed by atoms with Crippen LogP contribution in [0, 0.1) is 0 Å². The van der Waals surface area contributed by atoms with E-state index < -0.39 is 6.61 Å². The third kappa shape index (κ3) is 4.52. The number of aromatic nitrogens is 3. The lowest BCUT2D eigenvalue weighted by Crippen LogP contribution is -2.06. The molecular weight excluding hydrogens is 380 g/mol. The van der Waals surface area contributed by atoms with E-state index in [0.717, 1.165) is 23.1 Å². The maximum absolute atomic E-state index is 12.3. The molecule has 146 valence electrons. The van der Waals surface area contributed by atoms with E-state index in [1.807, 2.05) is 30.3 Å². The van der Waals surface area contributed by atoms with Crippen molar-refractivity contribution in [3.8, 4) is 5.75 Å². The van der Waals surface area contributed by atoms with Gasteiger partial charge in [-0.1, -0.05) is 54.2 Å². The smallest absolute Gasteiger partial charge is 0.387 e. The van der Waals surface area contributed by atoms with Crippen LogP contribution >= 0.6 is 11.8 Å². The summed E-state index contributed by atoms with van der Waals surface area (Å²) < 4.78 is 31.3. The highest BCUT2D eigenvalue weighted by Gasteiger charge is 2.30. The van der Waals surface area contributed by atoms with Gasteiger partial charge in [0.1, 0.15) is 11.6 Å². The average Bonchev–Trinajstić information content (AvgIpc) is 3.46. The molecule has 1 aromatic heterocycles. The first-order valence-electron chi connectivity index (χ1n) is 9.28. The number of halogens is 2. The van der Waals surface area contributed by atoms with Gasteiger partial charge in [-0.3, -0.25) is 0 Å². The molecule has 4 rings (SSSR count). The minimum Gasteiger partial charge on any atom is -0.435 e. The molecule has 0 aliphatic heterocycles. The molecule has 0 spiro atoms. The van der Waals surface area contributed by atoms with Crippen LogP contribution in [0.4, 0.5) is 8.78 Å². The Morgan fingerprint density at radius 1 is 1.07 bits per heavy atom. The first-order chi connectivity index (χ1) is 13.6. The van der Waals surface area contributed by atoms with Crippen LogP contribution < -0.4 is 4.74 Å². The Bertz CT molecular complexity index is 911. The number of hydrogen-bond acceptors (Lipinski definition) is 4. The van der Waals surface area contributed by atoms with Gasteiger partial charge in [-0.05, 0) is 43.0 Å². The topological polar surface area (TPSA) is 39.9 Å². The Hall–Kier alpha value is -2.41. The molecule has 1 saturated carbocycles. The molecule has 0 bridgehead atoms. The van der Waals surface area contributed by atoms with Crippen LogP contribution in [0.15, 0.2) is 59.8 Å². The SMILES string of the molecule is C[C@@H](Sc1nnc(C2CC2)n1Cc1ccccc1)c1ccc(OC(F)F)cc1. The maximum Gasteiger partial charge on any atom is 0.387 e. The van der Waals surface area contributed by atoms with Gasteiger partial charge in [0.25, 0.3) is 0 Å². The molecule has 0 amide bonds. The fraction of sp³-hybridized carbons (Fsp3) is 0.333. The number of hydrogen-bond donors (Lipinski definition) is 0. The van der Waals surface area contributed by atoms with Crippen molar-refractivity contribution in [1.82, 2.24) is 14.8 Å². The Morgan fingerprint density at radius 3 is 2.43 bits per heavy atom. The second kappa shape index (κ2) is 8.31. The Morgan fingerprint density at radius 2 is 1.79 bits per heavy atom. The third-order valence-electron chi connectivity index (χ3n) is 4.73. The lowest BCUT2D eigenvalue weighted by Gasteiger charge is -2.14. The maximum atomic E-state index is 12.3. The minimum absolute atomic E-state index is 0.103. The van der Waals surface area contributed by atoms with Crippen molar-refractivity contribution in [3.63, 3.8) is 0 Å². The second-order valence-electron chi connectivity index (χ2n) is 6.89. The van der Waals surface area contributed by atoms with E-state index in [9.17, 15) is 8.78 Å². The van der Waals surface area contributed by atoms with Crippen molar-refractivity contribution < 1.29 is 13.5 Å². The van der Waals surface area contributed by atoms with Crippen molar-refractivity contribution >= 4 is 11.8 Å². The molecule has 7 heteroatoms. The largest absolute Gasteiger partial charge is 0.435 e. The van der Waals surface area contributed by atoms with E-state index in [1.165, 1.54) is 18.4 Å². The van der Waals surface area contributed by atoms with E-state index in [0.29, 0.717) is 5.92 Å². The quantitative estimate of drug-likeness (QED) is 0.457. The molecule has 3 aromatic rings. The number of thioether (sulfide) groups is 1. The summed E-state index contributed by atoms with van der Waals surface area (Å²) in [6.07, 6.45) is 2.33. The predicted octanol–water partition coefficient (Wildman–Crippen LogP) is 5.66. The molecule has 0 N–H and O–H groups in total. The molecule has 0 saturated heterocycles. The molecule has 4 nitrogen and oxygen atoms in total. The second-order valence-corrected chi connectivity index (χ2v) is 8.20. The summed E-state index contributed by atoms with van der Waals surface area (Å²) in [7, 11) is 0. The van der Waals surface area contributed by atoms with E-state index in [-0.39, 0.29) is 11.0 Å². The van der Waals surface area contributed by atoms with Crippen molar-refractivity contribution in [1.29, 1.82) is 0 Å². The van der Waals surface area contributed by atoms with E-state index in [2.05, 4.69) is 38.6 Å². The summed E-state index contributed by atoms with van der Waals surface area (Å²) >= 11 is 1.63. The lowest BCUT2D eigenvalue weighted by atomic mass is 10.2. The monoisotopic (exact) mass is 401 g/mol. The summed E-state index contributed by atoms with van der Waals surface area (Å²) in [6, 6.07) is 17.1. The highest BCUT2D eigenvalue weighted by molar-refractivity contribution is 7.99. The van der Waals surface area contributed by atoms with Gasteiger partial charge in [0.2, 0.25) is 0 Å². The van der Waals surface area contributed by atoms with Gasteiger partial charge in [0.15, 0.2) is 5.16 Å². The normalized spacial score (nSPS) is 15.0. The standard InChI is InChI=1S/C21H21F2N3OS/c1-14(16-9-11-18(12-10-16)27-20(22)23)28-21-25-24-19(17-7-8-17)26(21)13-15-5-3-2-4-6-15/h2-6,9-12,14,17,20H,7-8,13H2,1H3/t14-/m1/s1.